The number of halogens is 1. The molecule has 0 radical (unpaired) electrons. The molecule has 1 rings (SSSR count). The minimum Gasteiger partial charge on any atom is -0.340 e. The van der Waals surface area contributed by atoms with Crippen LogP contribution < -0.4 is 4.98 Å². The second kappa shape index (κ2) is 4.25. The minimum absolute atomic E-state index is 0.803. The molecule has 3 heteroatoms. The molecule has 12 heavy (non-hydrogen) atoms. The monoisotopic (exact) mass is 249 g/mol. The molecule has 0 saturated heterocycles. The average molecular weight is 250 g/mol. The van der Waals surface area contributed by atoms with Crippen LogP contribution in [0, 0.1) is 5.92 Å². The minimum atomic E-state index is -1.06. The van der Waals surface area contributed by atoms with Crippen molar-refractivity contribution in [2.45, 2.75) is 43.2 Å². The zero-order valence-corrected chi connectivity index (χ0v) is 10.9. The van der Waals surface area contributed by atoms with E-state index in [0.717, 1.165) is 10.7 Å². The second-order valence-electron chi connectivity index (χ2n) is 4.54. The molecule has 1 saturated carbocycles. The molecule has 0 spiro atoms. The Kier molecular flexibility index (Phi) is 3.80. The van der Waals surface area contributed by atoms with E-state index in [1.807, 2.05) is 0 Å². The van der Waals surface area contributed by atoms with Gasteiger partial charge in [0, 0.05) is 4.83 Å². The highest BCUT2D eigenvalue weighted by Crippen LogP contribution is 2.36. The number of hydrogen-bond donors (Lipinski definition) is 1. The summed E-state index contributed by atoms with van der Waals surface area (Å²) in [5, 5.41) is 0. The van der Waals surface area contributed by atoms with Crippen LogP contribution in [0.4, 0.5) is 0 Å². The van der Waals surface area contributed by atoms with Gasteiger partial charge in [-0.15, -0.1) is 0 Å². The van der Waals surface area contributed by atoms with Gasteiger partial charge in [0.2, 0.25) is 0 Å². The summed E-state index contributed by atoms with van der Waals surface area (Å²) in [5.74, 6) is 0.944. The van der Waals surface area contributed by atoms with Crippen molar-refractivity contribution >= 4 is 24.2 Å². The molecule has 72 valence electrons. The fourth-order valence-corrected chi connectivity index (χ4v) is 5.10. The van der Waals surface area contributed by atoms with Gasteiger partial charge in [-0.05, 0) is 31.9 Å². The second-order valence-corrected chi connectivity index (χ2v) is 10.4. The lowest BCUT2D eigenvalue weighted by Gasteiger charge is -2.26. The first kappa shape index (κ1) is 10.7. The molecule has 1 nitrogen and oxygen atoms in total. The van der Waals surface area contributed by atoms with Crippen molar-refractivity contribution in [1.29, 1.82) is 0 Å². The normalized spacial score (nSPS) is 31.0. The van der Waals surface area contributed by atoms with Crippen LogP contribution in [0.1, 0.15) is 19.3 Å². The summed E-state index contributed by atoms with van der Waals surface area (Å²) in [6, 6.07) is 1.43. The summed E-state index contributed by atoms with van der Waals surface area (Å²) in [4.78, 5) is 4.31. The maximum atomic E-state index is 3.78. The number of rotatable bonds is 3. The van der Waals surface area contributed by atoms with Crippen molar-refractivity contribution in [3.05, 3.63) is 0 Å². The predicted octanol–water partition coefficient (Wildman–Crippen LogP) is 2.97. The van der Waals surface area contributed by atoms with E-state index in [-0.39, 0.29) is 0 Å². The van der Waals surface area contributed by atoms with Crippen molar-refractivity contribution in [2.75, 3.05) is 7.05 Å². The first-order valence-corrected chi connectivity index (χ1v) is 9.00. The molecule has 1 aliphatic rings. The summed E-state index contributed by atoms with van der Waals surface area (Å²) in [6.45, 7) is 4.84. The van der Waals surface area contributed by atoms with E-state index in [9.17, 15) is 0 Å². The summed E-state index contributed by atoms with van der Waals surface area (Å²) in [6.07, 6.45) is 4.25. The first-order chi connectivity index (χ1) is 5.55. The molecule has 0 aromatic carbocycles. The standard InChI is InChI=1S/C9H20BrNSi/c1-11-12(2,3)7-8-5-4-6-9(8)10/h8-9,11H,4-7H2,1-3H3. The fourth-order valence-electron chi connectivity index (χ4n) is 1.98. The van der Waals surface area contributed by atoms with Gasteiger partial charge in [-0.1, -0.05) is 35.4 Å². The Morgan fingerprint density at radius 2 is 2.08 bits per heavy atom. The Morgan fingerprint density at radius 3 is 2.50 bits per heavy atom. The molecule has 0 aliphatic heterocycles. The smallest absolute Gasteiger partial charge is 0.119 e. The molecular weight excluding hydrogens is 230 g/mol. The van der Waals surface area contributed by atoms with Crippen LogP contribution in [0.25, 0.3) is 0 Å². The van der Waals surface area contributed by atoms with E-state index < -0.39 is 8.24 Å². The van der Waals surface area contributed by atoms with E-state index in [2.05, 4.69) is 41.1 Å². The van der Waals surface area contributed by atoms with Crippen LogP contribution >= 0.6 is 15.9 Å². The number of alkyl halides is 1. The zero-order chi connectivity index (χ0) is 9.19. The highest BCUT2D eigenvalue weighted by molar-refractivity contribution is 9.09. The van der Waals surface area contributed by atoms with Crippen molar-refractivity contribution < 1.29 is 0 Å². The highest BCUT2D eigenvalue weighted by Gasteiger charge is 2.31. The molecule has 2 atom stereocenters. The summed E-state index contributed by atoms with van der Waals surface area (Å²) in [5.41, 5.74) is 0. The van der Waals surface area contributed by atoms with Crippen LogP contribution in [0.5, 0.6) is 0 Å². The SMILES string of the molecule is CN[Si](C)(C)CC1CCCC1Br. The molecule has 2 unspecified atom stereocenters. The maximum absolute atomic E-state index is 3.78. The Morgan fingerprint density at radius 1 is 1.42 bits per heavy atom. The number of hydrogen-bond acceptors (Lipinski definition) is 1. The van der Waals surface area contributed by atoms with Crippen LogP contribution in [0.15, 0.2) is 0 Å². The Balaban J connectivity index is 2.39. The molecule has 1 fully saturated rings. The van der Waals surface area contributed by atoms with Gasteiger partial charge >= 0.3 is 0 Å². The molecule has 0 bridgehead atoms. The largest absolute Gasteiger partial charge is 0.340 e. The Hall–Kier alpha value is 0.657. The molecule has 1 aliphatic carbocycles. The van der Waals surface area contributed by atoms with Gasteiger partial charge in [0.15, 0.2) is 0 Å². The van der Waals surface area contributed by atoms with Crippen molar-refractivity contribution in [3.8, 4) is 0 Å². The van der Waals surface area contributed by atoms with Crippen LogP contribution in [-0.4, -0.2) is 20.1 Å². The Labute approximate surface area is 85.5 Å². The topological polar surface area (TPSA) is 12.0 Å². The lowest BCUT2D eigenvalue weighted by Crippen LogP contribution is -2.43. The molecule has 0 aromatic rings. The van der Waals surface area contributed by atoms with Crippen LogP contribution in [0.3, 0.4) is 0 Å². The predicted molar refractivity (Wildman–Crippen MR) is 61.4 cm³/mol. The third-order valence-electron chi connectivity index (χ3n) is 3.02. The van der Waals surface area contributed by atoms with Crippen molar-refractivity contribution in [2.24, 2.45) is 5.92 Å². The van der Waals surface area contributed by atoms with Gasteiger partial charge in [0.25, 0.3) is 0 Å². The zero-order valence-electron chi connectivity index (χ0n) is 8.36. The fraction of sp³-hybridized carbons (Fsp3) is 1.00. The van der Waals surface area contributed by atoms with E-state index in [1.54, 1.807) is 0 Å². The van der Waals surface area contributed by atoms with Gasteiger partial charge < -0.3 is 4.98 Å². The lowest BCUT2D eigenvalue weighted by atomic mass is 10.1. The third kappa shape index (κ3) is 2.86. The summed E-state index contributed by atoms with van der Waals surface area (Å²) < 4.78 is 0. The molecule has 0 amide bonds. The summed E-state index contributed by atoms with van der Waals surface area (Å²) >= 11 is 3.78. The van der Waals surface area contributed by atoms with Gasteiger partial charge in [-0.25, -0.2) is 0 Å². The van der Waals surface area contributed by atoms with Crippen LogP contribution in [-0.2, 0) is 0 Å². The van der Waals surface area contributed by atoms with E-state index >= 15 is 0 Å². The molecule has 0 heterocycles. The quantitative estimate of drug-likeness (QED) is 0.600. The first-order valence-electron chi connectivity index (χ1n) is 4.88. The van der Waals surface area contributed by atoms with Crippen molar-refractivity contribution in [3.63, 3.8) is 0 Å². The highest BCUT2D eigenvalue weighted by atomic mass is 79.9. The average Bonchev–Trinajstić information content (AvgIpc) is 2.36. The maximum Gasteiger partial charge on any atom is 0.119 e. The molecular formula is C9H20BrNSi. The lowest BCUT2D eigenvalue weighted by molar-refractivity contribution is 0.615. The number of nitrogens with one attached hydrogen (secondary N) is 1. The van der Waals surface area contributed by atoms with Gasteiger partial charge in [0.1, 0.15) is 8.24 Å². The van der Waals surface area contributed by atoms with Gasteiger partial charge in [0.05, 0.1) is 0 Å². The third-order valence-corrected chi connectivity index (χ3v) is 7.12. The van der Waals surface area contributed by atoms with Gasteiger partial charge in [-0.3, -0.25) is 0 Å². The van der Waals surface area contributed by atoms with E-state index in [1.165, 1.54) is 25.3 Å². The van der Waals surface area contributed by atoms with E-state index in [0.29, 0.717) is 0 Å². The van der Waals surface area contributed by atoms with Crippen molar-refractivity contribution in [1.82, 2.24) is 4.98 Å². The molecule has 1 N–H and O–H groups in total. The van der Waals surface area contributed by atoms with Gasteiger partial charge in [-0.2, -0.15) is 0 Å². The summed E-state index contributed by atoms with van der Waals surface area (Å²) in [7, 11) is 1.05. The molecule has 0 aromatic heterocycles. The van der Waals surface area contributed by atoms with Crippen LogP contribution in [0.2, 0.25) is 19.1 Å². The van der Waals surface area contributed by atoms with E-state index in [4.69, 9.17) is 0 Å². The Bertz CT molecular complexity index is 149.